The van der Waals surface area contributed by atoms with Crippen LogP contribution in [0.25, 0.3) is 5.69 Å². The number of rotatable bonds is 3. The van der Waals surface area contributed by atoms with Crippen molar-refractivity contribution in [3.8, 4) is 5.69 Å². The Hall–Kier alpha value is -1.94. The summed E-state index contributed by atoms with van der Waals surface area (Å²) in [7, 11) is 0. The van der Waals surface area contributed by atoms with Crippen LogP contribution in [0, 0.1) is 0 Å². The summed E-state index contributed by atoms with van der Waals surface area (Å²) in [6.07, 6.45) is 2.34. The molecule has 1 aromatic carbocycles. The number of aliphatic hydroxyl groups excluding tert-OH is 1. The van der Waals surface area contributed by atoms with Gasteiger partial charge in [0.05, 0.1) is 11.9 Å². The van der Waals surface area contributed by atoms with Gasteiger partial charge in [-0.3, -0.25) is 0 Å². The standard InChI is InChI=1S/C11H11N3O/c1-2-11(15)10-8-14(13-12-10)9-6-4-3-5-7-9/h2-8,11,15H,1H2. The van der Waals surface area contributed by atoms with E-state index in [9.17, 15) is 5.11 Å². The van der Waals surface area contributed by atoms with E-state index in [-0.39, 0.29) is 0 Å². The first-order chi connectivity index (χ1) is 7.31. The van der Waals surface area contributed by atoms with Crippen LogP contribution >= 0.6 is 0 Å². The molecule has 1 aromatic heterocycles. The van der Waals surface area contributed by atoms with Crippen LogP contribution in [0.4, 0.5) is 0 Å². The van der Waals surface area contributed by atoms with Crippen LogP contribution in [0.5, 0.6) is 0 Å². The number of aromatic nitrogens is 3. The topological polar surface area (TPSA) is 50.9 Å². The van der Waals surface area contributed by atoms with Crippen molar-refractivity contribution in [2.24, 2.45) is 0 Å². The zero-order chi connectivity index (χ0) is 10.7. The van der Waals surface area contributed by atoms with Gasteiger partial charge in [-0.15, -0.1) is 11.7 Å². The zero-order valence-electron chi connectivity index (χ0n) is 8.11. The Morgan fingerprint density at radius 2 is 2.07 bits per heavy atom. The lowest BCUT2D eigenvalue weighted by Crippen LogP contribution is -1.93. The van der Waals surface area contributed by atoms with Gasteiger partial charge in [0.15, 0.2) is 0 Å². The number of hydrogen-bond donors (Lipinski definition) is 1. The van der Waals surface area contributed by atoms with Gasteiger partial charge in [-0.05, 0) is 12.1 Å². The third-order valence-corrected chi connectivity index (χ3v) is 2.06. The van der Waals surface area contributed by atoms with Gasteiger partial charge in [-0.25, -0.2) is 4.68 Å². The fraction of sp³-hybridized carbons (Fsp3) is 0.0909. The van der Waals surface area contributed by atoms with Crippen LogP contribution < -0.4 is 0 Å². The van der Waals surface area contributed by atoms with E-state index in [0.29, 0.717) is 5.69 Å². The smallest absolute Gasteiger partial charge is 0.117 e. The summed E-state index contributed by atoms with van der Waals surface area (Å²) >= 11 is 0. The second kappa shape index (κ2) is 4.06. The lowest BCUT2D eigenvalue weighted by Gasteiger charge is -1.98. The number of aliphatic hydroxyl groups is 1. The van der Waals surface area contributed by atoms with Crippen LogP contribution in [-0.4, -0.2) is 20.1 Å². The quantitative estimate of drug-likeness (QED) is 0.765. The van der Waals surface area contributed by atoms with Crippen molar-refractivity contribution in [1.82, 2.24) is 15.0 Å². The van der Waals surface area contributed by atoms with Crippen LogP contribution in [0.1, 0.15) is 11.8 Å². The van der Waals surface area contributed by atoms with Crippen molar-refractivity contribution in [3.63, 3.8) is 0 Å². The lowest BCUT2D eigenvalue weighted by atomic mass is 10.3. The first kappa shape index (κ1) is 9.61. The largest absolute Gasteiger partial charge is 0.383 e. The number of para-hydroxylation sites is 1. The summed E-state index contributed by atoms with van der Waals surface area (Å²) in [6.45, 7) is 3.49. The van der Waals surface area contributed by atoms with Crippen LogP contribution in [0.15, 0.2) is 49.2 Å². The molecule has 0 fully saturated rings. The molecule has 0 aliphatic rings. The van der Waals surface area contributed by atoms with Gasteiger partial charge >= 0.3 is 0 Å². The molecule has 76 valence electrons. The summed E-state index contributed by atoms with van der Waals surface area (Å²) in [6, 6.07) is 9.60. The van der Waals surface area contributed by atoms with Gasteiger partial charge in [0.1, 0.15) is 11.8 Å². The Labute approximate surface area is 87.5 Å². The Balaban J connectivity index is 2.32. The molecule has 2 rings (SSSR count). The highest BCUT2D eigenvalue weighted by Gasteiger charge is 2.08. The van der Waals surface area contributed by atoms with E-state index in [2.05, 4.69) is 16.9 Å². The molecule has 0 spiro atoms. The molecule has 0 saturated carbocycles. The molecule has 0 aliphatic heterocycles. The Bertz CT molecular complexity index is 450. The summed E-state index contributed by atoms with van der Waals surface area (Å²) in [5.74, 6) is 0. The lowest BCUT2D eigenvalue weighted by molar-refractivity contribution is 0.224. The molecular formula is C11H11N3O. The summed E-state index contributed by atoms with van der Waals surface area (Å²) in [4.78, 5) is 0. The second-order valence-corrected chi connectivity index (χ2v) is 3.10. The minimum absolute atomic E-state index is 0.494. The molecule has 0 bridgehead atoms. The van der Waals surface area contributed by atoms with Gasteiger partial charge in [0.2, 0.25) is 0 Å². The number of nitrogens with zero attached hydrogens (tertiary/aromatic N) is 3. The molecule has 4 nitrogen and oxygen atoms in total. The van der Waals surface area contributed by atoms with E-state index in [1.165, 1.54) is 6.08 Å². The first-order valence-electron chi connectivity index (χ1n) is 4.59. The maximum Gasteiger partial charge on any atom is 0.117 e. The predicted molar refractivity (Wildman–Crippen MR) is 56.5 cm³/mol. The Kier molecular flexibility index (Phi) is 2.60. The minimum atomic E-state index is -0.762. The first-order valence-corrected chi connectivity index (χ1v) is 4.59. The minimum Gasteiger partial charge on any atom is -0.383 e. The molecule has 2 aromatic rings. The third-order valence-electron chi connectivity index (χ3n) is 2.06. The van der Waals surface area contributed by atoms with Crippen LogP contribution in [-0.2, 0) is 0 Å². The molecule has 0 amide bonds. The van der Waals surface area contributed by atoms with Crippen molar-refractivity contribution in [3.05, 3.63) is 54.9 Å². The second-order valence-electron chi connectivity index (χ2n) is 3.10. The van der Waals surface area contributed by atoms with Crippen molar-refractivity contribution in [1.29, 1.82) is 0 Å². The van der Waals surface area contributed by atoms with Gasteiger partial charge < -0.3 is 5.11 Å². The monoisotopic (exact) mass is 201 g/mol. The van der Waals surface area contributed by atoms with E-state index in [0.717, 1.165) is 5.69 Å². The molecule has 4 heteroatoms. The van der Waals surface area contributed by atoms with Gasteiger partial charge in [0, 0.05) is 0 Å². The molecule has 0 saturated heterocycles. The molecule has 1 atom stereocenters. The highest BCUT2D eigenvalue weighted by atomic mass is 16.3. The average Bonchev–Trinajstić information content (AvgIpc) is 2.78. The molecule has 15 heavy (non-hydrogen) atoms. The number of hydrogen-bond acceptors (Lipinski definition) is 3. The van der Waals surface area contributed by atoms with Crippen LogP contribution in [0.3, 0.4) is 0 Å². The highest BCUT2D eigenvalue weighted by molar-refractivity contribution is 5.30. The molecule has 0 radical (unpaired) electrons. The zero-order valence-corrected chi connectivity index (χ0v) is 8.11. The van der Waals surface area contributed by atoms with E-state index in [1.54, 1.807) is 10.9 Å². The third kappa shape index (κ3) is 1.94. The van der Waals surface area contributed by atoms with Crippen molar-refractivity contribution < 1.29 is 5.11 Å². The molecule has 1 unspecified atom stereocenters. The maximum atomic E-state index is 9.46. The SMILES string of the molecule is C=CC(O)c1cn(-c2ccccc2)nn1. The van der Waals surface area contributed by atoms with Crippen molar-refractivity contribution in [2.45, 2.75) is 6.10 Å². The van der Waals surface area contributed by atoms with Crippen molar-refractivity contribution >= 4 is 0 Å². The maximum absolute atomic E-state index is 9.46. The fourth-order valence-electron chi connectivity index (χ4n) is 1.24. The summed E-state index contributed by atoms with van der Waals surface area (Å²) < 4.78 is 1.61. The fourth-order valence-corrected chi connectivity index (χ4v) is 1.24. The van der Waals surface area contributed by atoms with Crippen molar-refractivity contribution in [2.75, 3.05) is 0 Å². The van der Waals surface area contributed by atoms with E-state index < -0.39 is 6.10 Å². The molecule has 1 N–H and O–H groups in total. The Morgan fingerprint density at radius 3 is 2.73 bits per heavy atom. The summed E-state index contributed by atoms with van der Waals surface area (Å²) in [5.41, 5.74) is 1.40. The van der Waals surface area contributed by atoms with E-state index >= 15 is 0 Å². The average molecular weight is 201 g/mol. The molecule has 0 aliphatic carbocycles. The molecular weight excluding hydrogens is 190 g/mol. The van der Waals surface area contributed by atoms with E-state index in [1.807, 2.05) is 30.3 Å². The van der Waals surface area contributed by atoms with Gasteiger partial charge in [-0.2, -0.15) is 0 Å². The van der Waals surface area contributed by atoms with Gasteiger partial charge in [-0.1, -0.05) is 29.5 Å². The Morgan fingerprint density at radius 1 is 1.33 bits per heavy atom. The number of benzene rings is 1. The highest BCUT2D eigenvalue weighted by Crippen LogP contribution is 2.12. The van der Waals surface area contributed by atoms with Crippen LogP contribution in [0.2, 0.25) is 0 Å². The van der Waals surface area contributed by atoms with E-state index in [4.69, 9.17) is 0 Å². The van der Waals surface area contributed by atoms with Gasteiger partial charge in [0.25, 0.3) is 0 Å². The normalized spacial score (nSPS) is 12.3. The predicted octanol–water partition coefficient (Wildman–Crippen LogP) is 1.49. The summed E-state index contributed by atoms with van der Waals surface area (Å²) in [5, 5.41) is 17.2. The molecule has 1 heterocycles.